The Labute approximate surface area is 192 Å². The van der Waals surface area contributed by atoms with Crippen molar-refractivity contribution in [3.8, 4) is 0 Å². The topological polar surface area (TPSA) is 84.3 Å². The third-order valence-electron chi connectivity index (χ3n) is 5.89. The number of nitrogens with one attached hydrogen (secondary N) is 1. The molecule has 32 heavy (non-hydrogen) atoms. The van der Waals surface area contributed by atoms with E-state index in [-0.39, 0.29) is 35.1 Å². The zero-order valence-electron chi connectivity index (χ0n) is 19.6. The predicted molar refractivity (Wildman–Crippen MR) is 126 cm³/mol. The van der Waals surface area contributed by atoms with Crippen LogP contribution in [-0.2, 0) is 22.1 Å². The number of urea groups is 1. The summed E-state index contributed by atoms with van der Waals surface area (Å²) in [4.78, 5) is 18.9. The summed E-state index contributed by atoms with van der Waals surface area (Å²) in [5, 5.41) is 3.07. The summed E-state index contributed by atoms with van der Waals surface area (Å²) in [5.74, 6) is -0.0846. The third-order valence-corrected chi connectivity index (χ3v) is 7.46. The maximum Gasteiger partial charge on any atom is 0.318 e. The lowest BCUT2D eigenvalue weighted by molar-refractivity contribution is 0.174. The fourth-order valence-electron chi connectivity index (χ4n) is 4.31. The van der Waals surface area contributed by atoms with E-state index in [4.69, 9.17) is 0 Å². The summed E-state index contributed by atoms with van der Waals surface area (Å²) >= 11 is 0. The second-order valence-corrected chi connectivity index (χ2v) is 11.1. The minimum Gasteiger partial charge on any atom is -0.336 e. The van der Waals surface area contributed by atoms with Gasteiger partial charge in [-0.15, -0.1) is 0 Å². The molecule has 1 heterocycles. The van der Waals surface area contributed by atoms with Crippen molar-refractivity contribution < 1.29 is 13.2 Å². The molecule has 8 heteroatoms. The highest BCUT2D eigenvalue weighted by atomic mass is 32.2. The first kappa shape index (κ1) is 24.3. The Morgan fingerprint density at radius 2 is 1.78 bits per heavy atom. The van der Waals surface area contributed by atoms with E-state index in [9.17, 15) is 13.2 Å². The molecule has 0 spiro atoms. The van der Waals surface area contributed by atoms with Gasteiger partial charge in [0.25, 0.3) is 0 Å². The predicted octanol–water partition coefficient (Wildman–Crippen LogP) is 4.69. The van der Waals surface area contributed by atoms with Gasteiger partial charge in [-0.05, 0) is 46.1 Å². The molecule has 2 aromatic rings. The van der Waals surface area contributed by atoms with E-state index in [0.717, 1.165) is 36.9 Å². The number of amides is 2. The number of carbonyl (C=O) groups excluding carboxylic acids is 1. The van der Waals surface area contributed by atoms with E-state index in [2.05, 4.69) is 10.3 Å². The number of sulfone groups is 1. The number of benzene rings is 1. The number of nitrogens with zero attached hydrogens (tertiary/aromatic N) is 3. The second-order valence-electron chi connectivity index (χ2n) is 9.26. The molecular weight excluding hydrogens is 424 g/mol. The van der Waals surface area contributed by atoms with Gasteiger partial charge in [0.05, 0.1) is 24.2 Å². The minimum absolute atomic E-state index is 0.0221. The normalized spacial score (nSPS) is 15.3. The molecule has 0 saturated heterocycles. The van der Waals surface area contributed by atoms with Crippen molar-refractivity contribution in [2.75, 3.05) is 0 Å². The van der Waals surface area contributed by atoms with Crippen molar-refractivity contribution in [2.45, 2.75) is 95.4 Å². The summed E-state index contributed by atoms with van der Waals surface area (Å²) in [5.41, 5.74) is 1.52. The lowest BCUT2D eigenvalue weighted by atomic mass is 9.95. The molecule has 7 nitrogen and oxygen atoms in total. The Morgan fingerprint density at radius 1 is 1.12 bits per heavy atom. The minimum atomic E-state index is -3.63. The van der Waals surface area contributed by atoms with E-state index in [1.54, 1.807) is 11.1 Å². The first-order valence-corrected chi connectivity index (χ1v) is 13.2. The average molecular weight is 461 g/mol. The van der Waals surface area contributed by atoms with Gasteiger partial charge in [-0.3, -0.25) is 0 Å². The van der Waals surface area contributed by atoms with Gasteiger partial charge in [0.15, 0.2) is 0 Å². The van der Waals surface area contributed by atoms with Crippen LogP contribution in [0.2, 0.25) is 0 Å². The van der Waals surface area contributed by atoms with Crippen molar-refractivity contribution in [3.05, 3.63) is 47.8 Å². The molecule has 176 valence electrons. The van der Waals surface area contributed by atoms with Gasteiger partial charge in [-0.25, -0.2) is 18.2 Å². The molecule has 0 unspecified atom stereocenters. The molecule has 1 N–H and O–H groups in total. The number of carbonyl (C=O) groups is 1. The number of rotatable bonds is 8. The van der Waals surface area contributed by atoms with E-state index in [1.807, 2.05) is 62.6 Å². The van der Waals surface area contributed by atoms with Crippen molar-refractivity contribution in [1.29, 1.82) is 0 Å². The Hall–Kier alpha value is -2.35. The average Bonchev–Trinajstić information content (AvgIpc) is 3.17. The van der Waals surface area contributed by atoms with Crippen LogP contribution in [0.3, 0.4) is 0 Å². The molecule has 0 radical (unpaired) electrons. The van der Waals surface area contributed by atoms with E-state index in [0.29, 0.717) is 6.54 Å². The molecule has 1 aromatic heterocycles. The van der Waals surface area contributed by atoms with Gasteiger partial charge in [0.1, 0.15) is 0 Å². The van der Waals surface area contributed by atoms with Crippen molar-refractivity contribution in [3.63, 3.8) is 0 Å². The number of imidazole rings is 1. The molecule has 0 aliphatic heterocycles. The van der Waals surface area contributed by atoms with Crippen LogP contribution in [0.15, 0.2) is 41.7 Å². The zero-order chi connectivity index (χ0) is 23.3. The van der Waals surface area contributed by atoms with Gasteiger partial charge < -0.3 is 14.8 Å². The molecule has 0 bridgehead atoms. The largest absolute Gasteiger partial charge is 0.336 e. The molecule has 1 fully saturated rings. The standard InChI is InChI=1S/C24H36N4O3S/c1-18(2)26-23(29)27(19(3)4)16-22-15-25-24(28(22)21-13-9-6-10-14-21)32(30,31)17-20-11-7-5-8-12-20/h5,7-8,11-12,15,18-19,21H,6,9-10,13-14,16-17H2,1-4H3,(H,26,29). The van der Waals surface area contributed by atoms with Crippen LogP contribution in [0.25, 0.3) is 0 Å². The SMILES string of the molecule is CC(C)NC(=O)N(Cc1cnc(S(=O)(=O)Cc2ccccc2)n1C1CCCCC1)C(C)C. The molecule has 1 aliphatic rings. The van der Waals surface area contributed by atoms with Crippen molar-refractivity contribution >= 4 is 15.9 Å². The van der Waals surface area contributed by atoms with Crippen LogP contribution in [-0.4, -0.2) is 41.0 Å². The molecule has 2 amide bonds. The molecular formula is C24H36N4O3S. The summed E-state index contributed by atoms with van der Waals surface area (Å²) in [6.07, 6.45) is 6.81. The van der Waals surface area contributed by atoms with Gasteiger partial charge in [0.2, 0.25) is 15.0 Å². The third kappa shape index (κ3) is 5.91. The van der Waals surface area contributed by atoms with Crippen LogP contribution in [0, 0.1) is 0 Å². The Kier molecular flexibility index (Phi) is 7.98. The van der Waals surface area contributed by atoms with Gasteiger partial charge >= 0.3 is 6.03 Å². The quantitative estimate of drug-likeness (QED) is 0.619. The Morgan fingerprint density at radius 3 is 2.38 bits per heavy atom. The lowest BCUT2D eigenvalue weighted by Crippen LogP contribution is -2.46. The highest BCUT2D eigenvalue weighted by molar-refractivity contribution is 7.90. The zero-order valence-corrected chi connectivity index (χ0v) is 20.4. The smallest absolute Gasteiger partial charge is 0.318 e. The molecule has 3 rings (SSSR count). The maximum atomic E-state index is 13.4. The Bertz CT molecular complexity index is 994. The fraction of sp³-hybridized carbons (Fsp3) is 0.583. The van der Waals surface area contributed by atoms with E-state index in [1.165, 1.54) is 6.42 Å². The molecule has 1 aliphatic carbocycles. The highest BCUT2D eigenvalue weighted by Gasteiger charge is 2.30. The first-order chi connectivity index (χ1) is 15.2. The van der Waals surface area contributed by atoms with Crippen LogP contribution in [0.4, 0.5) is 4.79 Å². The fourth-order valence-corrected chi connectivity index (χ4v) is 5.85. The van der Waals surface area contributed by atoms with Gasteiger partial charge in [-0.2, -0.15) is 0 Å². The van der Waals surface area contributed by atoms with E-state index < -0.39 is 9.84 Å². The lowest BCUT2D eigenvalue weighted by Gasteiger charge is -2.31. The summed E-state index contributed by atoms with van der Waals surface area (Å²) in [7, 11) is -3.63. The number of hydrogen-bond donors (Lipinski definition) is 1. The summed E-state index contributed by atoms with van der Waals surface area (Å²) in [6, 6.07) is 9.13. The van der Waals surface area contributed by atoms with E-state index >= 15 is 0 Å². The highest BCUT2D eigenvalue weighted by Crippen LogP contribution is 2.33. The van der Waals surface area contributed by atoms with Crippen molar-refractivity contribution in [1.82, 2.24) is 19.8 Å². The summed E-state index contributed by atoms with van der Waals surface area (Å²) < 4.78 is 28.7. The second kappa shape index (κ2) is 10.5. The Balaban J connectivity index is 1.98. The first-order valence-electron chi connectivity index (χ1n) is 11.6. The molecule has 1 aromatic carbocycles. The monoisotopic (exact) mass is 460 g/mol. The van der Waals surface area contributed by atoms with Gasteiger partial charge in [-0.1, -0.05) is 49.6 Å². The summed E-state index contributed by atoms with van der Waals surface area (Å²) in [6.45, 7) is 8.11. The number of hydrogen-bond acceptors (Lipinski definition) is 4. The maximum absolute atomic E-state index is 13.4. The van der Waals surface area contributed by atoms with Crippen LogP contribution in [0.1, 0.15) is 77.1 Å². The van der Waals surface area contributed by atoms with Crippen molar-refractivity contribution in [2.24, 2.45) is 0 Å². The van der Waals surface area contributed by atoms with Crippen LogP contribution in [0.5, 0.6) is 0 Å². The van der Waals surface area contributed by atoms with Crippen LogP contribution < -0.4 is 5.32 Å². The molecule has 1 saturated carbocycles. The molecule has 0 atom stereocenters. The van der Waals surface area contributed by atoms with Crippen LogP contribution >= 0.6 is 0 Å². The number of aromatic nitrogens is 2. The van der Waals surface area contributed by atoms with Gasteiger partial charge in [0, 0.05) is 18.1 Å².